The van der Waals surface area contributed by atoms with Crippen LogP contribution in [0.2, 0.25) is 0 Å². The van der Waals surface area contributed by atoms with Crippen LogP contribution in [0.25, 0.3) is 11.0 Å². The summed E-state index contributed by atoms with van der Waals surface area (Å²) in [4.78, 5) is 8.92. The van der Waals surface area contributed by atoms with Gasteiger partial charge in [-0.3, -0.25) is 4.98 Å². The molecular formula is C21H25N5O3S. The van der Waals surface area contributed by atoms with Crippen molar-refractivity contribution < 1.29 is 13.5 Å². The van der Waals surface area contributed by atoms with Gasteiger partial charge in [0.2, 0.25) is 0 Å². The van der Waals surface area contributed by atoms with Crippen molar-refractivity contribution in [2.45, 2.75) is 17.4 Å². The zero-order valence-corrected chi connectivity index (χ0v) is 17.4. The number of anilines is 2. The molecule has 2 fully saturated rings. The Bertz CT molecular complexity index is 1170. The average molecular weight is 428 g/mol. The Balaban J connectivity index is 1.58. The van der Waals surface area contributed by atoms with Gasteiger partial charge in [0.15, 0.2) is 0 Å². The van der Waals surface area contributed by atoms with Crippen LogP contribution in [0.1, 0.15) is 6.42 Å². The van der Waals surface area contributed by atoms with Crippen molar-refractivity contribution in [1.82, 2.24) is 14.3 Å². The number of aliphatic hydroxyl groups is 1. The standard InChI is InChI=1S/C21H25N5O3S/c27-17-6-10-25(14-17)16-3-1-4-18(13-16)30(28,29)26-15-20(24-11-8-22-9-12-24)21-19(26)5-2-7-23-21/h1-5,7,13,15,17,22,27H,6,8-12,14H2/t17-/m0/s1. The molecule has 9 heteroatoms. The number of nitrogens with zero attached hydrogens (tertiary/aromatic N) is 4. The molecule has 2 N–H and O–H groups in total. The third-order valence-electron chi connectivity index (χ3n) is 5.87. The highest BCUT2D eigenvalue weighted by Gasteiger charge is 2.26. The van der Waals surface area contributed by atoms with Crippen LogP contribution < -0.4 is 15.1 Å². The van der Waals surface area contributed by atoms with E-state index in [1.165, 1.54) is 3.97 Å². The van der Waals surface area contributed by atoms with Crippen LogP contribution in [-0.4, -0.2) is 67.9 Å². The summed E-state index contributed by atoms with van der Waals surface area (Å²) in [6, 6.07) is 10.5. The lowest BCUT2D eigenvalue weighted by Gasteiger charge is -2.28. The number of β-amino-alcohol motifs (C(OH)–C–C–N with tert-alkyl or cyclic N) is 1. The topological polar surface area (TPSA) is 90.7 Å². The first-order chi connectivity index (χ1) is 14.5. The second-order valence-corrected chi connectivity index (χ2v) is 9.62. The molecule has 2 aliphatic rings. The number of pyridine rings is 1. The molecule has 1 aromatic carbocycles. The van der Waals surface area contributed by atoms with Crippen molar-refractivity contribution in [3.05, 3.63) is 48.8 Å². The minimum Gasteiger partial charge on any atom is -0.391 e. The van der Waals surface area contributed by atoms with Crippen molar-refractivity contribution in [1.29, 1.82) is 0 Å². The summed E-state index contributed by atoms with van der Waals surface area (Å²) < 4.78 is 28.6. The molecule has 4 heterocycles. The van der Waals surface area contributed by atoms with E-state index < -0.39 is 10.0 Å². The van der Waals surface area contributed by atoms with Crippen molar-refractivity contribution in [3.63, 3.8) is 0 Å². The fourth-order valence-electron chi connectivity index (χ4n) is 4.28. The van der Waals surface area contributed by atoms with E-state index in [1.807, 2.05) is 11.0 Å². The van der Waals surface area contributed by atoms with Crippen LogP contribution in [0.4, 0.5) is 11.4 Å². The lowest BCUT2D eigenvalue weighted by Crippen LogP contribution is -2.43. The van der Waals surface area contributed by atoms with Crippen molar-refractivity contribution in [3.8, 4) is 0 Å². The Morgan fingerprint density at radius 2 is 1.90 bits per heavy atom. The summed E-state index contributed by atoms with van der Waals surface area (Å²) in [5.74, 6) is 0. The summed E-state index contributed by atoms with van der Waals surface area (Å²) in [7, 11) is -3.80. The molecule has 0 spiro atoms. The van der Waals surface area contributed by atoms with Crippen LogP contribution in [0.5, 0.6) is 0 Å². The van der Waals surface area contributed by atoms with Gasteiger partial charge in [-0.25, -0.2) is 12.4 Å². The maximum absolute atomic E-state index is 13.6. The molecule has 8 nitrogen and oxygen atoms in total. The maximum Gasteiger partial charge on any atom is 0.268 e. The van der Waals surface area contributed by atoms with E-state index in [4.69, 9.17) is 0 Å². The third-order valence-corrected chi connectivity index (χ3v) is 7.54. The second-order valence-electron chi connectivity index (χ2n) is 7.81. The van der Waals surface area contributed by atoms with Gasteiger partial charge in [0.25, 0.3) is 10.0 Å². The van der Waals surface area contributed by atoms with Gasteiger partial charge in [-0.05, 0) is 36.8 Å². The average Bonchev–Trinajstić information content (AvgIpc) is 3.39. The van der Waals surface area contributed by atoms with Gasteiger partial charge in [-0.2, -0.15) is 0 Å². The highest BCUT2D eigenvalue weighted by Crippen LogP contribution is 2.32. The molecule has 2 aliphatic heterocycles. The number of hydrogen-bond donors (Lipinski definition) is 2. The third kappa shape index (κ3) is 3.32. The largest absolute Gasteiger partial charge is 0.391 e. The van der Waals surface area contributed by atoms with Gasteiger partial charge < -0.3 is 20.2 Å². The number of aliphatic hydroxyl groups excluding tert-OH is 1. The van der Waals surface area contributed by atoms with Crippen LogP contribution >= 0.6 is 0 Å². The fourth-order valence-corrected chi connectivity index (χ4v) is 5.67. The monoisotopic (exact) mass is 427 g/mol. The molecule has 158 valence electrons. The normalized spacial score (nSPS) is 20.2. The molecule has 5 rings (SSSR count). The van der Waals surface area contributed by atoms with Crippen LogP contribution in [0.3, 0.4) is 0 Å². The number of aromatic nitrogens is 2. The van der Waals surface area contributed by atoms with Crippen molar-refractivity contribution in [2.75, 3.05) is 49.1 Å². The molecule has 0 radical (unpaired) electrons. The highest BCUT2D eigenvalue weighted by atomic mass is 32.2. The van der Waals surface area contributed by atoms with Gasteiger partial charge in [0.1, 0.15) is 5.52 Å². The number of fused-ring (bicyclic) bond motifs is 1. The molecule has 30 heavy (non-hydrogen) atoms. The molecule has 2 aromatic heterocycles. The van der Waals surface area contributed by atoms with E-state index in [-0.39, 0.29) is 11.0 Å². The van der Waals surface area contributed by atoms with Gasteiger partial charge in [-0.1, -0.05) is 6.07 Å². The maximum atomic E-state index is 13.6. The van der Waals surface area contributed by atoms with E-state index in [2.05, 4.69) is 15.2 Å². The van der Waals surface area contributed by atoms with Crippen LogP contribution in [-0.2, 0) is 10.0 Å². The minimum absolute atomic E-state index is 0.231. The first kappa shape index (κ1) is 19.3. The van der Waals surface area contributed by atoms with Crippen molar-refractivity contribution >= 4 is 32.4 Å². The predicted octanol–water partition coefficient (Wildman–Crippen LogP) is 1.25. The SMILES string of the molecule is O=S(=O)(c1cccc(N2CC[C@H](O)C2)c1)n1cc(N2CCNCC2)c2ncccc21. The summed E-state index contributed by atoms with van der Waals surface area (Å²) in [6.45, 7) is 4.57. The summed E-state index contributed by atoms with van der Waals surface area (Å²) in [5.41, 5.74) is 2.92. The summed E-state index contributed by atoms with van der Waals surface area (Å²) in [6.07, 6.45) is 3.72. The Morgan fingerprint density at radius 3 is 2.67 bits per heavy atom. The summed E-state index contributed by atoms with van der Waals surface area (Å²) >= 11 is 0. The Morgan fingerprint density at radius 1 is 1.07 bits per heavy atom. The summed E-state index contributed by atoms with van der Waals surface area (Å²) in [5, 5.41) is 13.2. The van der Waals surface area contributed by atoms with Gasteiger partial charge in [0, 0.05) is 57.3 Å². The number of nitrogens with one attached hydrogen (secondary N) is 1. The molecule has 0 aliphatic carbocycles. The highest BCUT2D eigenvalue weighted by molar-refractivity contribution is 7.90. The quantitative estimate of drug-likeness (QED) is 0.648. The Hall–Kier alpha value is -2.62. The fraction of sp³-hybridized carbons (Fsp3) is 0.381. The van der Waals surface area contributed by atoms with E-state index in [9.17, 15) is 13.5 Å². The Labute approximate surface area is 175 Å². The van der Waals surface area contributed by atoms with E-state index in [1.54, 1.807) is 42.7 Å². The predicted molar refractivity (Wildman–Crippen MR) is 117 cm³/mol. The molecule has 2 saturated heterocycles. The van der Waals surface area contributed by atoms with Gasteiger partial charge >= 0.3 is 0 Å². The van der Waals surface area contributed by atoms with Crippen molar-refractivity contribution in [2.24, 2.45) is 0 Å². The molecule has 1 atom stereocenters. The first-order valence-corrected chi connectivity index (χ1v) is 11.7. The van der Waals surface area contributed by atoms with Crippen LogP contribution in [0, 0.1) is 0 Å². The zero-order chi connectivity index (χ0) is 20.7. The molecule has 0 saturated carbocycles. The van der Waals surface area contributed by atoms with Gasteiger partial charge in [0.05, 0.1) is 22.2 Å². The van der Waals surface area contributed by atoms with E-state index >= 15 is 0 Å². The molecule has 0 bridgehead atoms. The lowest BCUT2D eigenvalue weighted by molar-refractivity contribution is 0.198. The van der Waals surface area contributed by atoms with Crippen LogP contribution in [0.15, 0.2) is 53.7 Å². The van der Waals surface area contributed by atoms with E-state index in [0.717, 1.165) is 37.6 Å². The number of hydrogen-bond acceptors (Lipinski definition) is 7. The first-order valence-electron chi connectivity index (χ1n) is 10.2. The minimum atomic E-state index is -3.80. The molecule has 0 amide bonds. The number of piperazine rings is 1. The second kappa shape index (κ2) is 7.57. The molecule has 0 unspecified atom stereocenters. The molecular weight excluding hydrogens is 402 g/mol. The number of benzene rings is 1. The lowest BCUT2D eigenvalue weighted by atomic mass is 10.3. The zero-order valence-electron chi connectivity index (χ0n) is 16.6. The Kier molecular flexibility index (Phi) is 4.88. The van der Waals surface area contributed by atoms with Gasteiger partial charge in [-0.15, -0.1) is 0 Å². The molecule has 3 aromatic rings. The number of rotatable bonds is 4. The van der Waals surface area contributed by atoms with E-state index in [0.29, 0.717) is 30.5 Å². The smallest absolute Gasteiger partial charge is 0.268 e.